The van der Waals surface area contributed by atoms with Crippen LogP contribution in [0.3, 0.4) is 0 Å². The fourth-order valence-electron chi connectivity index (χ4n) is 3.24. The number of aromatic nitrogens is 2. The molecule has 0 amide bonds. The van der Waals surface area contributed by atoms with Crippen molar-refractivity contribution in [3.63, 3.8) is 0 Å². The van der Waals surface area contributed by atoms with Gasteiger partial charge in [0.05, 0.1) is 7.57 Å². The molecule has 6 atom stereocenters. The van der Waals surface area contributed by atoms with Gasteiger partial charge in [0.25, 0.3) is 0 Å². The number of hydrogen-bond donors (Lipinski definition) is 0. The number of halogens is 8. The van der Waals surface area contributed by atoms with Gasteiger partial charge < -0.3 is 10.2 Å². The standard InChI is InChI=1S/2C9H6Br2Cl2NO.Cu/c2*10-8(12)4-9(11,13)7(15)6-5(8)2-1-3-14-6;/h2*1-3,7H,4H2;/q2*-1;+2. The zero-order chi connectivity index (χ0) is 22.5. The van der Waals surface area contributed by atoms with Crippen LogP contribution in [0, 0.1) is 0 Å². The van der Waals surface area contributed by atoms with E-state index in [0.29, 0.717) is 22.5 Å². The maximum absolute atomic E-state index is 12.0. The van der Waals surface area contributed by atoms with Crippen molar-refractivity contribution >= 4 is 110 Å². The van der Waals surface area contributed by atoms with Crippen LogP contribution < -0.4 is 10.2 Å². The van der Waals surface area contributed by atoms with E-state index in [1.807, 2.05) is 0 Å². The van der Waals surface area contributed by atoms with Gasteiger partial charge in [-0.3, -0.25) is 9.97 Å². The molecule has 2 aliphatic rings. The van der Waals surface area contributed by atoms with E-state index in [4.69, 9.17) is 46.4 Å². The van der Waals surface area contributed by atoms with Crippen LogP contribution in [0.1, 0.15) is 47.6 Å². The Balaban J connectivity index is 0.000000213. The van der Waals surface area contributed by atoms with Gasteiger partial charge in [-0.1, -0.05) is 88.1 Å². The Bertz CT molecular complexity index is 877. The second-order valence-electron chi connectivity index (χ2n) is 6.92. The Morgan fingerprint density at radius 2 is 1.06 bits per heavy atom. The van der Waals surface area contributed by atoms with E-state index in [-0.39, 0.29) is 29.9 Å². The monoisotopic (exact) mass is 807 g/mol. The third kappa shape index (κ3) is 6.15. The van der Waals surface area contributed by atoms with E-state index in [2.05, 4.69) is 73.7 Å². The predicted molar refractivity (Wildman–Crippen MR) is 131 cm³/mol. The Morgan fingerprint density at radius 3 is 1.39 bits per heavy atom. The van der Waals surface area contributed by atoms with E-state index in [0.717, 1.165) is 0 Å². The van der Waals surface area contributed by atoms with Crippen molar-refractivity contribution < 1.29 is 27.3 Å². The summed E-state index contributed by atoms with van der Waals surface area (Å²) in [6.45, 7) is 0. The molecule has 0 saturated heterocycles. The van der Waals surface area contributed by atoms with Gasteiger partial charge in [-0.05, 0) is 12.1 Å². The topological polar surface area (TPSA) is 71.9 Å². The molecule has 13 heteroatoms. The largest absolute Gasteiger partial charge is 2.00 e. The van der Waals surface area contributed by atoms with Crippen LogP contribution in [0.15, 0.2) is 36.7 Å². The first-order chi connectivity index (χ1) is 13.7. The van der Waals surface area contributed by atoms with Crippen LogP contribution in [-0.2, 0) is 24.6 Å². The number of fused-ring (bicyclic) bond motifs is 2. The van der Waals surface area contributed by atoms with Crippen LogP contribution in [0.4, 0.5) is 0 Å². The number of nitrogens with zero attached hydrogens (tertiary/aromatic N) is 2. The van der Waals surface area contributed by atoms with E-state index in [1.54, 1.807) is 36.7 Å². The van der Waals surface area contributed by atoms with Gasteiger partial charge in [0.2, 0.25) is 0 Å². The minimum Gasteiger partial charge on any atom is -0.846 e. The third-order valence-electron chi connectivity index (χ3n) is 4.64. The fraction of sp³-hybridized carbons (Fsp3) is 0.444. The van der Waals surface area contributed by atoms with Gasteiger partial charge in [0.15, 0.2) is 0 Å². The van der Waals surface area contributed by atoms with Crippen LogP contribution in [0.2, 0.25) is 0 Å². The van der Waals surface area contributed by atoms with Gasteiger partial charge in [-0.15, -0.1) is 46.4 Å². The first kappa shape index (κ1) is 29.1. The number of alkyl halides is 8. The molecule has 0 aromatic carbocycles. The molecule has 6 unspecified atom stereocenters. The Hall–Kier alpha value is 1.82. The molecule has 1 radical (unpaired) electrons. The van der Waals surface area contributed by atoms with E-state index in [1.165, 1.54) is 0 Å². The minimum atomic E-state index is -1.13. The van der Waals surface area contributed by atoms with Crippen molar-refractivity contribution in [2.45, 2.75) is 40.2 Å². The van der Waals surface area contributed by atoms with Gasteiger partial charge in [-0.2, -0.15) is 0 Å². The second kappa shape index (κ2) is 10.4. The molecule has 2 aromatic heterocycles. The molecule has 2 aliphatic carbocycles. The maximum atomic E-state index is 12.0. The Morgan fingerprint density at radius 1 is 0.742 bits per heavy atom. The average molecular weight is 813 g/mol. The second-order valence-corrected chi connectivity index (χ2v) is 16.9. The third-order valence-corrected chi connectivity index (χ3v) is 8.79. The van der Waals surface area contributed by atoms with Crippen molar-refractivity contribution in [2.75, 3.05) is 0 Å². The Labute approximate surface area is 244 Å². The zero-order valence-electron chi connectivity index (χ0n) is 15.1. The molecule has 0 spiro atoms. The zero-order valence-corrected chi connectivity index (χ0v) is 25.4. The quantitative estimate of drug-likeness (QED) is 0.242. The Kier molecular flexibility index (Phi) is 9.78. The van der Waals surface area contributed by atoms with E-state index >= 15 is 0 Å². The fourth-order valence-corrected chi connectivity index (χ4v) is 8.95. The summed E-state index contributed by atoms with van der Waals surface area (Å²) in [4.78, 5) is 8.10. The smallest absolute Gasteiger partial charge is 0.846 e. The van der Waals surface area contributed by atoms with Gasteiger partial charge in [-0.25, -0.2) is 0 Å². The van der Waals surface area contributed by atoms with Crippen LogP contribution in [0.5, 0.6) is 0 Å². The number of rotatable bonds is 0. The van der Waals surface area contributed by atoms with E-state index < -0.39 is 27.3 Å². The van der Waals surface area contributed by atoms with Crippen molar-refractivity contribution in [3.8, 4) is 0 Å². The van der Waals surface area contributed by atoms with Crippen molar-refractivity contribution in [1.82, 2.24) is 9.97 Å². The van der Waals surface area contributed by atoms with E-state index in [9.17, 15) is 10.2 Å². The van der Waals surface area contributed by atoms with Crippen molar-refractivity contribution in [3.05, 3.63) is 59.2 Å². The van der Waals surface area contributed by atoms with Crippen LogP contribution in [0.25, 0.3) is 0 Å². The summed E-state index contributed by atoms with van der Waals surface area (Å²) < 4.78 is -3.86. The molecule has 2 heterocycles. The molecule has 0 saturated carbocycles. The molecule has 0 fully saturated rings. The first-order valence-electron chi connectivity index (χ1n) is 8.43. The predicted octanol–water partition coefficient (Wildman–Crippen LogP) is 6.00. The van der Waals surface area contributed by atoms with Gasteiger partial charge in [0, 0.05) is 47.8 Å². The van der Waals surface area contributed by atoms with Crippen molar-refractivity contribution in [2.24, 2.45) is 0 Å². The molecule has 4 rings (SSSR count). The summed E-state index contributed by atoms with van der Waals surface area (Å²) in [7, 11) is 0. The molecule has 4 nitrogen and oxygen atoms in total. The SMILES string of the molecule is [Cu+2].[O-]C1c2ncccc2C(Cl)(Br)CC1(Cl)Br.[O-]C1c2ncccc2C(Cl)(Br)CC1(Cl)Br. The molecule has 2 aromatic rings. The summed E-state index contributed by atoms with van der Waals surface area (Å²) in [6, 6.07) is 7.07. The molecule has 0 N–H and O–H groups in total. The number of hydrogen-bond acceptors (Lipinski definition) is 4. The molecular weight excluding hydrogens is 801 g/mol. The summed E-state index contributed by atoms with van der Waals surface area (Å²) in [5, 5.41) is 24.0. The molecular formula is C18H12Br4Cl4CuN2O2. The summed E-state index contributed by atoms with van der Waals surface area (Å²) in [5.41, 5.74) is 2.18. The average Bonchev–Trinajstić information content (AvgIpc) is 2.64. The van der Waals surface area contributed by atoms with Crippen LogP contribution in [-0.4, -0.2) is 17.5 Å². The summed E-state index contributed by atoms with van der Waals surface area (Å²) in [5.74, 6) is 0. The first-order valence-corrected chi connectivity index (χ1v) is 13.1. The maximum Gasteiger partial charge on any atom is 2.00 e. The molecule has 0 aliphatic heterocycles. The minimum absolute atomic E-state index is 0. The molecule has 31 heavy (non-hydrogen) atoms. The molecule has 173 valence electrons. The van der Waals surface area contributed by atoms with Gasteiger partial charge in [0.1, 0.15) is 7.57 Å². The van der Waals surface area contributed by atoms with Gasteiger partial charge >= 0.3 is 17.1 Å². The van der Waals surface area contributed by atoms with Crippen LogP contribution >= 0.6 is 110 Å². The van der Waals surface area contributed by atoms with Crippen molar-refractivity contribution in [1.29, 1.82) is 0 Å². The summed E-state index contributed by atoms with van der Waals surface area (Å²) >= 11 is 37.9. The summed E-state index contributed by atoms with van der Waals surface area (Å²) in [6.07, 6.45) is 1.45. The molecule has 0 bridgehead atoms. The number of pyridine rings is 2. The normalized spacial score (nSPS) is 38.6.